The minimum Gasteiger partial charge on any atom is -0.268 e. The SMILES string of the molecule is CCSc1nn(-c2ccccc2)c(N2C(=O)c3ccccc3C2=O)c1C#N. The van der Waals surface area contributed by atoms with Crippen molar-refractivity contribution in [3.63, 3.8) is 0 Å². The van der Waals surface area contributed by atoms with E-state index < -0.39 is 11.8 Å². The third-order valence-electron chi connectivity index (χ3n) is 4.23. The van der Waals surface area contributed by atoms with Gasteiger partial charge in [-0.3, -0.25) is 9.59 Å². The van der Waals surface area contributed by atoms with Crippen LogP contribution < -0.4 is 4.90 Å². The maximum absolute atomic E-state index is 13.0. The summed E-state index contributed by atoms with van der Waals surface area (Å²) in [6, 6.07) is 18.0. The molecule has 2 amide bonds. The summed E-state index contributed by atoms with van der Waals surface area (Å²) in [6.07, 6.45) is 0. The van der Waals surface area contributed by atoms with Crippen LogP contribution in [0.25, 0.3) is 5.69 Å². The first kappa shape index (κ1) is 17.1. The van der Waals surface area contributed by atoms with Crippen molar-refractivity contribution in [3.8, 4) is 11.8 Å². The van der Waals surface area contributed by atoms with Gasteiger partial charge in [0.15, 0.2) is 5.82 Å². The fourth-order valence-corrected chi connectivity index (χ4v) is 3.76. The average Bonchev–Trinajstić information content (AvgIpc) is 3.18. The zero-order valence-electron chi connectivity index (χ0n) is 14.4. The molecule has 2 heterocycles. The summed E-state index contributed by atoms with van der Waals surface area (Å²) >= 11 is 1.40. The van der Waals surface area contributed by atoms with Gasteiger partial charge in [-0.15, -0.1) is 11.8 Å². The van der Waals surface area contributed by atoms with Crippen molar-refractivity contribution in [2.45, 2.75) is 11.9 Å². The molecule has 0 aliphatic carbocycles. The number of para-hydroxylation sites is 1. The van der Waals surface area contributed by atoms with Crippen LogP contribution in [-0.4, -0.2) is 27.3 Å². The minimum absolute atomic E-state index is 0.186. The van der Waals surface area contributed by atoms with Gasteiger partial charge in [-0.1, -0.05) is 37.3 Å². The number of thioether (sulfide) groups is 1. The van der Waals surface area contributed by atoms with Crippen molar-refractivity contribution in [1.29, 1.82) is 5.26 Å². The second-order valence-corrected chi connectivity index (χ2v) is 7.04. The van der Waals surface area contributed by atoms with Gasteiger partial charge >= 0.3 is 0 Å². The Bertz CT molecular complexity index is 1060. The van der Waals surface area contributed by atoms with Crippen LogP contribution in [0.1, 0.15) is 33.2 Å². The Morgan fingerprint density at radius 2 is 1.59 bits per heavy atom. The van der Waals surface area contributed by atoms with Gasteiger partial charge in [-0.05, 0) is 30.0 Å². The van der Waals surface area contributed by atoms with E-state index in [1.54, 1.807) is 24.3 Å². The molecule has 0 saturated carbocycles. The standard InChI is InChI=1S/C20H14N4O2S/c1-2-27-17-16(12-21)18(24(22-17)13-8-4-3-5-9-13)23-19(25)14-10-6-7-11-15(14)20(23)26/h3-11H,2H2,1H3. The van der Waals surface area contributed by atoms with E-state index in [-0.39, 0.29) is 11.4 Å². The van der Waals surface area contributed by atoms with Crippen LogP contribution in [0.2, 0.25) is 0 Å². The Morgan fingerprint density at radius 1 is 1.00 bits per heavy atom. The Hall–Kier alpha value is -3.37. The van der Waals surface area contributed by atoms with Crippen LogP contribution in [-0.2, 0) is 0 Å². The summed E-state index contributed by atoms with van der Waals surface area (Å²) in [5.74, 6) is 0.00231. The van der Waals surface area contributed by atoms with Gasteiger partial charge in [0.05, 0.1) is 16.8 Å². The van der Waals surface area contributed by atoms with E-state index in [4.69, 9.17) is 0 Å². The van der Waals surface area contributed by atoms with E-state index in [2.05, 4.69) is 11.2 Å². The van der Waals surface area contributed by atoms with Gasteiger partial charge in [0.1, 0.15) is 16.7 Å². The van der Waals surface area contributed by atoms with Crippen molar-refractivity contribution < 1.29 is 9.59 Å². The largest absolute Gasteiger partial charge is 0.268 e. The number of nitriles is 1. The van der Waals surface area contributed by atoms with E-state index in [1.165, 1.54) is 16.4 Å². The highest BCUT2D eigenvalue weighted by atomic mass is 32.2. The predicted molar refractivity (Wildman–Crippen MR) is 102 cm³/mol. The lowest BCUT2D eigenvalue weighted by Crippen LogP contribution is -2.32. The third kappa shape index (κ3) is 2.62. The zero-order chi connectivity index (χ0) is 19.0. The first-order valence-electron chi connectivity index (χ1n) is 8.36. The zero-order valence-corrected chi connectivity index (χ0v) is 15.2. The highest BCUT2D eigenvalue weighted by Crippen LogP contribution is 2.36. The van der Waals surface area contributed by atoms with Crippen molar-refractivity contribution >= 4 is 29.4 Å². The number of nitrogens with zero attached hydrogens (tertiary/aromatic N) is 4. The minimum atomic E-state index is -0.447. The quantitative estimate of drug-likeness (QED) is 0.514. The van der Waals surface area contributed by atoms with Crippen LogP contribution >= 0.6 is 11.8 Å². The third-order valence-corrected chi connectivity index (χ3v) is 5.08. The molecule has 0 saturated heterocycles. The van der Waals surface area contributed by atoms with E-state index in [9.17, 15) is 14.9 Å². The number of carbonyl (C=O) groups excluding carboxylic acids is 2. The molecule has 0 bridgehead atoms. The fourth-order valence-electron chi connectivity index (χ4n) is 3.06. The number of benzene rings is 2. The topological polar surface area (TPSA) is 79.0 Å². The van der Waals surface area contributed by atoms with Crippen molar-refractivity contribution in [2.24, 2.45) is 0 Å². The summed E-state index contributed by atoms with van der Waals surface area (Å²) < 4.78 is 1.50. The van der Waals surface area contributed by atoms with Gasteiger partial charge < -0.3 is 0 Å². The molecule has 4 rings (SSSR count). The van der Waals surface area contributed by atoms with Crippen LogP contribution in [0.4, 0.5) is 5.82 Å². The number of rotatable bonds is 4. The number of hydrogen-bond acceptors (Lipinski definition) is 5. The molecular weight excluding hydrogens is 360 g/mol. The number of amides is 2. The van der Waals surface area contributed by atoms with E-state index in [0.717, 1.165) is 4.90 Å². The van der Waals surface area contributed by atoms with Crippen molar-refractivity contribution in [2.75, 3.05) is 10.7 Å². The Labute approximate surface area is 160 Å². The lowest BCUT2D eigenvalue weighted by Gasteiger charge is -2.16. The predicted octanol–water partition coefficient (Wildman–Crippen LogP) is 3.66. The van der Waals surface area contributed by atoms with Gasteiger partial charge in [-0.2, -0.15) is 10.4 Å². The number of imide groups is 1. The van der Waals surface area contributed by atoms with Crippen molar-refractivity contribution in [3.05, 3.63) is 71.3 Å². The van der Waals surface area contributed by atoms with Gasteiger partial charge in [0.25, 0.3) is 11.8 Å². The first-order chi connectivity index (χ1) is 13.2. The lowest BCUT2D eigenvalue weighted by atomic mass is 10.1. The molecule has 1 aliphatic rings. The molecule has 0 N–H and O–H groups in total. The lowest BCUT2D eigenvalue weighted by molar-refractivity contribution is 0.0924. The molecule has 0 radical (unpaired) electrons. The monoisotopic (exact) mass is 374 g/mol. The first-order valence-corrected chi connectivity index (χ1v) is 9.35. The molecule has 7 heteroatoms. The Kier molecular flexibility index (Phi) is 4.26. The molecule has 0 atom stereocenters. The summed E-state index contributed by atoms with van der Waals surface area (Å²) in [6.45, 7) is 1.95. The molecule has 0 spiro atoms. The van der Waals surface area contributed by atoms with Crippen molar-refractivity contribution in [1.82, 2.24) is 9.78 Å². The number of anilines is 1. The molecule has 3 aromatic rings. The molecule has 1 aromatic heterocycles. The molecule has 27 heavy (non-hydrogen) atoms. The molecule has 6 nitrogen and oxygen atoms in total. The smallest absolute Gasteiger partial charge is 0.267 e. The number of fused-ring (bicyclic) bond motifs is 1. The normalized spacial score (nSPS) is 13.0. The maximum atomic E-state index is 13.0. The molecule has 0 fully saturated rings. The Balaban J connectivity index is 1.97. The van der Waals surface area contributed by atoms with Crippen LogP contribution in [0, 0.1) is 11.3 Å². The molecule has 1 aliphatic heterocycles. The van der Waals surface area contributed by atoms with E-state index in [1.807, 2.05) is 37.3 Å². The Morgan fingerprint density at radius 3 is 2.15 bits per heavy atom. The second kappa shape index (κ2) is 6.74. The fraction of sp³-hybridized carbons (Fsp3) is 0.100. The molecule has 0 unspecified atom stereocenters. The van der Waals surface area contributed by atoms with Gasteiger partial charge in [0, 0.05) is 0 Å². The summed E-state index contributed by atoms with van der Waals surface area (Å²) in [4.78, 5) is 27.0. The van der Waals surface area contributed by atoms with Crippen LogP contribution in [0.5, 0.6) is 0 Å². The number of aromatic nitrogens is 2. The van der Waals surface area contributed by atoms with Crippen LogP contribution in [0.3, 0.4) is 0 Å². The summed E-state index contributed by atoms with van der Waals surface area (Å²) in [5.41, 5.74) is 1.55. The maximum Gasteiger partial charge on any atom is 0.267 e. The molecular formula is C20H14N4O2S. The summed E-state index contributed by atoms with van der Waals surface area (Å²) in [5, 5.41) is 14.8. The number of carbonyl (C=O) groups is 2. The number of hydrogen-bond donors (Lipinski definition) is 0. The van der Waals surface area contributed by atoms with E-state index >= 15 is 0 Å². The van der Waals surface area contributed by atoms with E-state index in [0.29, 0.717) is 27.6 Å². The van der Waals surface area contributed by atoms with Crippen LogP contribution in [0.15, 0.2) is 59.6 Å². The molecule has 132 valence electrons. The molecule has 2 aromatic carbocycles. The van der Waals surface area contributed by atoms with Gasteiger partial charge in [0.2, 0.25) is 0 Å². The second-order valence-electron chi connectivity index (χ2n) is 5.79. The van der Waals surface area contributed by atoms with Gasteiger partial charge in [-0.25, -0.2) is 9.58 Å². The average molecular weight is 374 g/mol. The summed E-state index contributed by atoms with van der Waals surface area (Å²) in [7, 11) is 0. The highest BCUT2D eigenvalue weighted by molar-refractivity contribution is 7.99. The highest BCUT2D eigenvalue weighted by Gasteiger charge is 2.40.